The van der Waals surface area contributed by atoms with Crippen LogP contribution in [0, 0.1) is 0 Å². The summed E-state index contributed by atoms with van der Waals surface area (Å²) in [5, 5.41) is 2.78. The van der Waals surface area contributed by atoms with E-state index in [1.165, 1.54) is 0 Å². The van der Waals surface area contributed by atoms with Gasteiger partial charge in [0.15, 0.2) is 0 Å². The van der Waals surface area contributed by atoms with Crippen LogP contribution in [0.1, 0.15) is 12.8 Å². The minimum Gasteiger partial charge on any atom is -0.382 e. The summed E-state index contributed by atoms with van der Waals surface area (Å²) >= 11 is 0. The molecule has 1 heterocycles. The van der Waals surface area contributed by atoms with Gasteiger partial charge in [-0.15, -0.1) is 0 Å². The fraction of sp³-hybridized carbons (Fsp3) is 0.909. The molecular formula is C11H22N2O4. The van der Waals surface area contributed by atoms with Gasteiger partial charge in [0.05, 0.1) is 25.9 Å². The van der Waals surface area contributed by atoms with Gasteiger partial charge in [0.25, 0.3) is 0 Å². The number of hydrogen-bond acceptors (Lipinski definition) is 5. The van der Waals surface area contributed by atoms with Crippen LogP contribution in [0.25, 0.3) is 0 Å². The molecule has 0 aromatic carbocycles. The lowest BCUT2D eigenvalue weighted by molar-refractivity contribution is -0.132. The number of carbonyl (C=O) groups is 1. The summed E-state index contributed by atoms with van der Waals surface area (Å²) in [4.78, 5) is 11.6. The molecule has 0 unspecified atom stereocenters. The second-order valence-electron chi connectivity index (χ2n) is 3.96. The van der Waals surface area contributed by atoms with Crippen molar-refractivity contribution in [3.05, 3.63) is 0 Å². The SMILES string of the molecule is COCCOCCNC(=O)[C@@H]1CC[C@H](CN)O1. The van der Waals surface area contributed by atoms with Gasteiger partial charge in [-0.1, -0.05) is 0 Å². The zero-order chi connectivity index (χ0) is 12.5. The van der Waals surface area contributed by atoms with Crippen molar-refractivity contribution in [3.63, 3.8) is 0 Å². The highest BCUT2D eigenvalue weighted by Gasteiger charge is 2.29. The van der Waals surface area contributed by atoms with E-state index in [2.05, 4.69) is 5.32 Å². The predicted octanol–water partition coefficient (Wildman–Crippen LogP) is -0.728. The molecular weight excluding hydrogens is 224 g/mol. The summed E-state index contributed by atoms with van der Waals surface area (Å²) < 4.78 is 15.5. The molecule has 1 rings (SSSR count). The number of hydrogen-bond donors (Lipinski definition) is 2. The van der Waals surface area contributed by atoms with E-state index < -0.39 is 0 Å². The fourth-order valence-electron chi connectivity index (χ4n) is 1.68. The van der Waals surface area contributed by atoms with E-state index in [-0.39, 0.29) is 18.1 Å². The van der Waals surface area contributed by atoms with Crippen LogP contribution >= 0.6 is 0 Å². The molecule has 100 valence electrons. The third-order valence-electron chi connectivity index (χ3n) is 2.64. The number of carbonyl (C=O) groups excluding carboxylic acids is 1. The Labute approximate surface area is 102 Å². The highest BCUT2D eigenvalue weighted by atomic mass is 16.5. The van der Waals surface area contributed by atoms with Crippen LogP contribution in [-0.2, 0) is 19.0 Å². The molecule has 0 spiro atoms. The molecule has 17 heavy (non-hydrogen) atoms. The van der Waals surface area contributed by atoms with Crippen LogP contribution in [0.15, 0.2) is 0 Å². The Hall–Kier alpha value is -0.690. The molecule has 1 amide bonds. The molecule has 0 saturated carbocycles. The second kappa shape index (κ2) is 8.41. The first-order chi connectivity index (χ1) is 8.27. The lowest BCUT2D eigenvalue weighted by Gasteiger charge is -2.12. The molecule has 1 aliphatic heterocycles. The van der Waals surface area contributed by atoms with E-state index in [9.17, 15) is 4.79 Å². The average Bonchev–Trinajstić information content (AvgIpc) is 2.82. The van der Waals surface area contributed by atoms with E-state index in [1.807, 2.05) is 0 Å². The lowest BCUT2D eigenvalue weighted by Crippen LogP contribution is -2.37. The molecule has 1 saturated heterocycles. The lowest BCUT2D eigenvalue weighted by atomic mass is 10.2. The topological polar surface area (TPSA) is 82.8 Å². The third-order valence-corrected chi connectivity index (χ3v) is 2.64. The van der Waals surface area contributed by atoms with Crippen LogP contribution in [0.5, 0.6) is 0 Å². The largest absolute Gasteiger partial charge is 0.382 e. The quantitative estimate of drug-likeness (QED) is 0.552. The van der Waals surface area contributed by atoms with Crippen LogP contribution < -0.4 is 11.1 Å². The van der Waals surface area contributed by atoms with E-state index in [0.717, 1.165) is 12.8 Å². The maximum absolute atomic E-state index is 11.6. The Bertz CT molecular complexity index is 226. The summed E-state index contributed by atoms with van der Waals surface area (Å²) in [5.41, 5.74) is 5.48. The van der Waals surface area contributed by atoms with Crippen molar-refractivity contribution in [1.29, 1.82) is 0 Å². The standard InChI is InChI=1S/C11H22N2O4/c1-15-6-7-16-5-4-13-11(14)10-3-2-9(8-12)17-10/h9-10H,2-8,12H2,1H3,(H,13,14)/t9-,10+/m1/s1. The maximum atomic E-state index is 11.6. The summed E-state index contributed by atoms with van der Waals surface area (Å²) in [6.45, 7) is 2.57. The van der Waals surface area contributed by atoms with E-state index >= 15 is 0 Å². The first-order valence-electron chi connectivity index (χ1n) is 5.98. The maximum Gasteiger partial charge on any atom is 0.249 e. The number of methoxy groups -OCH3 is 1. The second-order valence-corrected chi connectivity index (χ2v) is 3.96. The Balaban J connectivity index is 2.01. The van der Waals surface area contributed by atoms with Crippen LogP contribution in [-0.4, -0.2) is 58.1 Å². The molecule has 0 aliphatic carbocycles. The van der Waals surface area contributed by atoms with Gasteiger partial charge in [-0.25, -0.2) is 0 Å². The highest BCUT2D eigenvalue weighted by Crippen LogP contribution is 2.18. The van der Waals surface area contributed by atoms with Crippen molar-refractivity contribution < 1.29 is 19.0 Å². The fourth-order valence-corrected chi connectivity index (χ4v) is 1.68. The first kappa shape index (κ1) is 14.4. The Morgan fingerprint density at radius 1 is 1.41 bits per heavy atom. The van der Waals surface area contributed by atoms with Crippen molar-refractivity contribution in [2.24, 2.45) is 5.73 Å². The zero-order valence-corrected chi connectivity index (χ0v) is 10.3. The third kappa shape index (κ3) is 5.45. The Morgan fingerprint density at radius 3 is 2.88 bits per heavy atom. The van der Waals surface area contributed by atoms with Gasteiger partial charge >= 0.3 is 0 Å². The molecule has 3 N–H and O–H groups in total. The molecule has 1 fully saturated rings. The van der Waals surface area contributed by atoms with E-state index in [0.29, 0.717) is 32.9 Å². The molecule has 6 heteroatoms. The van der Waals surface area contributed by atoms with Gasteiger partial charge in [0.1, 0.15) is 6.10 Å². The summed E-state index contributed by atoms with van der Waals surface area (Å²) in [5.74, 6) is -0.0729. The van der Waals surface area contributed by atoms with Crippen LogP contribution in [0.4, 0.5) is 0 Å². The molecule has 2 atom stereocenters. The smallest absolute Gasteiger partial charge is 0.249 e. The minimum atomic E-state index is -0.345. The van der Waals surface area contributed by atoms with Crippen molar-refractivity contribution in [2.75, 3.05) is 40.0 Å². The monoisotopic (exact) mass is 246 g/mol. The molecule has 0 aromatic rings. The zero-order valence-electron chi connectivity index (χ0n) is 10.3. The van der Waals surface area contributed by atoms with Crippen molar-refractivity contribution in [2.45, 2.75) is 25.0 Å². The van der Waals surface area contributed by atoms with Gasteiger partial charge < -0.3 is 25.3 Å². The Morgan fingerprint density at radius 2 is 2.24 bits per heavy atom. The molecule has 0 aromatic heterocycles. The summed E-state index contributed by atoms with van der Waals surface area (Å²) in [6, 6.07) is 0. The number of nitrogens with one attached hydrogen (secondary N) is 1. The van der Waals surface area contributed by atoms with Gasteiger partial charge in [0.2, 0.25) is 5.91 Å². The van der Waals surface area contributed by atoms with Gasteiger partial charge in [-0.3, -0.25) is 4.79 Å². The molecule has 6 nitrogen and oxygen atoms in total. The van der Waals surface area contributed by atoms with Crippen LogP contribution in [0.2, 0.25) is 0 Å². The van der Waals surface area contributed by atoms with Crippen molar-refractivity contribution in [1.82, 2.24) is 5.32 Å². The number of amides is 1. The predicted molar refractivity (Wildman–Crippen MR) is 62.7 cm³/mol. The van der Waals surface area contributed by atoms with Gasteiger partial charge in [-0.05, 0) is 12.8 Å². The van der Waals surface area contributed by atoms with E-state index in [4.69, 9.17) is 19.9 Å². The highest BCUT2D eigenvalue weighted by molar-refractivity contribution is 5.80. The molecule has 0 bridgehead atoms. The average molecular weight is 246 g/mol. The van der Waals surface area contributed by atoms with Crippen molar-refractivity contribution >= 4 is 5.91 Å². The number of ether oxygens (including phenoxy) is 3. The number of rotatable bonds is 8. The Kier molecular flexibility index (Phi) is 7.11. The first-order valence-corrected chi connectivity index (χ1v) is 5.98. The van der Waals surface area contributed by atoms with Gasteiger partial charge in [-0.2, -0.15) is 0 Å². The number of nitrogens with two attached hydrogens (primary N) is 1. The van der Waals surface area contributed by atoms with E-state index in [1.54, 1.807) is 7.11 Å². The summed E-state index contributed by atoms with van der Waals surface area (Å²) in [7, 11) is 1.62. The van der Waals surface area contributed by atoms with Crippen molar-refractivity contribution in [3.8, 4) is 0 Å². The normalized spacial score (nSPS) is 23.9. The van der Waals surface area contributed by atoms with Crippen LogP contribution in [0.3, 0.4) is 0 Å². The minimum absolute atomic E-state index is 0.0312. The molecule has 1 aliphatic rings. The molecule has 0 radical (unpaired) electrons. The van der Waals surface area contributed by atoms with Gasteiger partial charge in [0, 0.05) is 20.2 Å². The summed E-state index contributed by atoms with van der Waals surface area (Å²) in [6.07, 6.45) is 1.29.